The van der Waals surface area contributed by atoms with E-state index < -0.39 is 23.8 Å². The zero-order valence-electron chi connectivity index (χ0n) is 7.63. The molecule has 0 spiro atoms. The molecule has 0 bridgehead atoms. The van der Waals surface area contributed by atoms with Crippen molar-refractivity contribution in [3.8, 4) is 0 Å². The highest BCUT2D eigenvalue weighted by molar-refractivity contribution is 5.08. The third kappa shape index (κ3) is 1.72. The van der Waals surface area contributed by atoms with Crippen LogP contribution in [0.1, 0.15) is 5.82 Å². The Morgan fingerprint density at radius 2 is 1.56 bits per heavy atom. The van der Waals surface area contributed by atoms with Crippen LogP contribution in [0.4, 0.5) is 26.3 Å². The first-order valence-electron chi connectivity index (χ1n) is 3.72. The molecule has 0 atom stereocenters. The van der Waals surface area contributed by atoms with Crippen LogP contribution in [0.5, 0.6) is 0 Å². The van der Waals surface area contributed by atoms with Gasteiger partial charge in [0.05, 0.1) is 0 Å². The molecule has 0 amide bonds. The lowest BCUT2D eigenvalue weighted by molar-refractivity contribution is -0.378. The fraction of sp³-hybridized carbons (Fsp3) is 0.667. The molecule has 0 aromatic carbocycles. The molecule has 0 aliphatic heterocycles. The molecule has 1 rings (SSSR count). The third-order valence-corrected chi connectivity index (χ3v) is 1.74. The number of rotatable bonds is 1. The fourth-order valence-electron chi connectivity index (χ4n) is 0.919. The Bertz CT molecular complexity index is 366. The Kier molecular flexibility index (Phi) is 2.66. The molecule has 10 heteroatoms. The van der Waals surface area contributed by atoms with Gasteiger partial charge in [-0.05, 0) is 0 Å². The van der Waals surface area contributed by atoms with E-state index in [9.17, 15) is 26.3 Å². The summed E-state index contributed by atoms with van der Waals surface area (Å²) in [6.07, 6.45) is -11.3. The largest absolute Gasteiger partial charge is 0.433 e. The van der Waals surface area contributed by atoms with E-state index in [1.165, 1.54) is 0 Å². The van der Waals surface area contributed by atoms with Gasteiger partial charge in [0, 0.05) is 7.05 Å². The Balaban J connectivity index is 3.38. The number of aromatic nitrogens is 3. The van der Waals surface area contributed by atoms with Gasteiger partial charge in [0.25, 0.3) is 0 Å². The van der Waals surface area contributed by atoms with Gasteiger partial charge in [-0.2, -0.15) is 31.4 Å². The van der Waals surface area contributed by atoms with Crippen LogP contribution in [-0.2, 0) is 12.6 Å². The van der Waals surface area contributed by atoms with Crippen LogP contribution in [0.3, 0.4) is 0 Å². The number of aryl methyl sites for hydroxylation is 1. The van der Waals surface area contributed by atoms with Crippen LogP contribution in [0.25, 0.3) is 0 Å². The molecule has 0 aliphatic carbocycles. The van der Waals surface area contributed by atoms with E-state index in [1.54, 1.807) is 0 Å². The summed E-state index contributed by atoms with van der Waals surface area (Å²) in [6, 6.07) is 0. The van der Waals surface area contributed by atoms with E-state index in [-0.39, 0.29) is 0 Å². The highest BCUT2D eigenvalue weighted by Crippen LogP contribution is 2.48. The molecule has 1 heterocycles. The van der Waals surface area contributed by atoms with Crippen molar-refractivity contribution in [1.29, 1.82) is 0 Å². The Morgan fingerprint density at radius 3 is 1.81 bits per heavy atom. The van der Waals surface area contributed by atoms with Crippen LogP contribution in [0.15, 0.2) is 6.33 Å². The molecule has 1 N–H and O–H groups in total. The van der Waals surface area contributed by atoms with Gasteiger partial charge < -0.3 is 5.11 Å². The summed E-state index contributed by atoms with van der Waals surface area (Å²) >= 11 is 0. The molecule has 1 aromatic heterocycles. The number of alkyl halides is 6. The molecule has 0 aliphatic rings. The minimum absolute atomic E-state index is 0.623. The van der Waals surface area contributed by atoms with Gasteiger partial charge in [0.1, 0.15) is 6.33 Å². The van der Waals surface area contributed by atoms with Crippen LogP contribution in [0, 0.1) is 0 Å². The van der Waals surface area contributed by atoms with Crippen LogP contribution in [0.2, 0.25) is 0 Å². The van der Waals surface area contributed by atoms with Gasteiger partial charge in [0.15, 0.2) is 0 Å². The minimum atomic E-state index is -5.95. The van der Waals surface area contributed by atoms with Gasteiger partial charge in [0.2, 0.25) is 5.82 Å². The van der Waals surface area contributed by atoms with E-state index in [1.807, 2.05) is 0 Å². The summed E-state index contributed by atoms with van der Waals surface area (Å²) in [5.41, 5.74) is -5.05. The molecular weight excluding hydrogens is 244 g/mol. The van der Waals surface area contributed by atoms with Gasteiger partial charge >= 0.3 is 18.0 Å². The average molecular weight is 249 g/mol. The number of nitrogens with zero attached hydrogens (tertiary/aromatic N) is 3. The van der Waals surface area contributed by atoms with Crippen molar-refractivity contribution in [2.45, 2.75) is 18.0 Å². The van der Waals surface area contributed by atoms with Crippen molar-refractivity contribution >= 4 is 0 Å². The van der Waals surface area contributed by atoms with Crippen molar-refractivity contribution in [3.05, 3.63) is 12.2 Å². The third-order valence-electron chi connectivity index (χ3n) is 1.74. The SMILES string of the molecule is Cn1cnc(C(O)(C(F)(F)F)C(F)(F)F)n1. The van der Waals surface area contributed by atoms with Gasteiger partial charge in [-0.15, -0.1) is 0 Å². The topological polar surface area (TPSA) is 50.9 Å². The van der Waals surface area contributed by atoms with E-state index in [0.717, 1.165) is 7.05 Å². The molecule has 16 heavy (non-hydrogen) atoms. The smallest absolute Gasteiger partial charge is 0.367 e. The maximum atomic E-state index is 12.2. The highest BCUT2D eigenvalue weighted by Gasteiger charge is 2.74. The lowest BCUT2D eigenvalue weighted by atomic mass is 10.0. The number of aliphatic hydroxyl groups is 1. The summed E-state index contributed by atoms with van der Waals surface area (Å²) in [7, 11) is 1.07. The highest BCUT2D eigenvalue weighted by atomic mass is 19.4. The monoisotopic (exact) mass is 249 g/mol. The molecule has 92 valence electrons. The predicted octanol–water partition coefficient (Wildman–Crippen LogP) is 1.13. The lowest BCUT2D eigenvalue weighted by Crippen LogP contribution is -2.54. The van der Waals surface area contributed by atoms with Crippen molar-refractivity contribution in [2.75, 3.05) is 0 Å². The molecule has 0 unspecified atom stereocenters. The first kappa shape index (κ1) is 12.7. The second kappa shape index (κ2) is 3.34. The summed E-state index contributed by atoms with van der Waals surface area (Å²) in [5.74, 6) is -1.75. The second-order valence-corrected chi connectivity index (χ2v) is 2.95. The maximum absolute atomic E-state index is 12.2. The normalized spacial score (nSPS) is 14.2. The van der Waals surface area contributed by atoms with Gasteiger partial charge in [-0.1, -0.05) is 0 Å². The van der Waals surface area contributed by atoms with Gasteiger partial charge in [-0.3, -0.25) is 4.68 Å². The number of halogens is 6. The number of hydrogen-bond acceptors (Lipinski definition) is 3. The Labute approximate surface area is 84.5 Å². The summed E-state index contributed by atoms with van der Waals surface area (Å²) < 4.78 is 74.0. The van der Waals surface area contributed by atoms with E-state index in [2.05, 4.69) is 10.1 Å². The Morgan fingerprint density at radius 1 is 1.12 bits per heavy atom. The lowest BCUT2D eigenvalue weighted by Gasteiger charge is -2.29. The van der Waals surface area contributed by atoms with Crippen molar-refractivity contribution in [1.82, 2.24) is 14.8 Å². The fourth-order valence-corrected chi connectivity index (χ4v) is 0.919. The first-order valence-corrected chi connectivity index (χ1v) is 3.72. The second-order valence-electron chi connectivity index (χ2n) is 2.95. The van der Waals surface area contributed by atoms with Crippen molar-refractivity contribution in [2.24, 2.45) is 7.05 Å². The standard InChI is InChI=1S/C6H5F6N3O/c1-15-2-13-3(14-15)4(16,5(7,8)9)6(10,11)12/h2,16H,1H3. The molecule has 1 aromatic rings. The number of hydrogen-bond donors (Lipinski definition) is 1. The molecule has 0 radical (unpaired) electrons. The summed E-state index contributed by atoms with van der Waals surface area (Å²) in [6.45, 7) is 0. The van der Waals surface area contributed by atoms with Crippen LogP contribution < -0.4 is 0 Å². The first-order chi connectivity index (χ1) is 7.00. The van der Waals surface area contributed by atoms with Gasteiger partial charge in [-0.25, -0.2) is 4.98 Å². The maximum Gasteiger partial charge on any atom is 0.433 e. The average Bonchev–Trinajstić information content (AvgIpc) is 2.46. The van der Waals surface area contributed by atoms with Crippen LogP contribution in [-0.4, -0.2) is 32.2 Å². The quantitative estimate of drug-likeness (QED) is 0.759. The Hall–Kier alpha value is -1.32. The zero-order chi connectivity index (χ0) is 12.8. The zero-order valence-corrected chi connectivity index (χ0v) is 7.63. The summed E-state index contributed by atoms with van der Waals surface area (Å²) in [4.78, 5) is 2.78. The van der Waals surface area contributed by atoms with E-state index in [4.69, 9.17) is 5.11 Å². The molecule has 4 nitrogen and oxygen atoms in total. The van der Waals surface area contributed by atoms with Crippen LogP contribution >= 0.6 is 0 Å². The summed E-state index contributed by atoms with van der Waals surface area (Å²) in [5, 5.41) is 11.6. The van der Waals surface area contributed by atoms with E-state index in [0.29, 0.717) is 11.0 Å². The molecular formula is C6H5F6N3O. The van der Waals surface area contributed by atoms with Crippen molar-refractivity contribution in [3.63, 3.8) is 0 Å². The van der Waals surface area contributed by atoms with E-state index >= 15 is 0 Å². The minimum Gasteiger partial charge on any atom is -0.367 e. The molecule has 0 saturated heterocycles. The predicted molar refractivity (Wildman–Crippen MR) is 37.0 cm³/mol. The molecule has 0 fully saturated rings. The van der Waals surface area contributed by atoms with Crippen molar-refractivity contribution < 1.29 is 31.4 Å². The molecule has 0 saturated carbocycles.